The Kier molecular flexibility index (Phi) is 4.40. The zero-order valence-corrected chi connectivity index (χ0v) is 13.1. The van der Waals surface area contributed by atoms with Crippen molar-refractivity contribution in [2.24, 2.45) is 5.92 Å². The van der Waals surface area contributed by atoms with Gasteiger partial charge in [0.1, 0.15) is 16.8 Å². The highest BCUT2D eigenvalue weighted by Crippen LogP contribution is 2.30. The summed E-state index contributed by atoms with van der Waals surface area (Å²) in [5.41, 5.74) is 2.45. The molecule has 0 fully saturated rings. The fraction of sp³-hybridized carbons (Fsp3) is 0.467. The van der Waals surface area contributed by atoms with E-state index in [1.54, 1.807) is 6.92 Å². The number of nitrogens with zero attached hydrogens (tertiary/aromatic N) is 5. The summed E-state index contributed by atoms with van der Waals surface area (Å²) in [6.07, 6.45) is 2.37. The molecule has 0 unspecified atom stereocenters. The first-order chi connectivity index (χ1) is 11.2. The molecule has 23 heavy (non-hydrogen) atoms. The standard InChI is InChI=1S/C15H18N6O2/c1-3-4-11(9(2)22)12(15-16-20-21-17-15)7-10-5-6-13-14(8-10)19-23-18-13/h5-6,8,11-12H,3-4,7H2,1-2H3,(H,16,17,20,21)/t11-,12+/m1/s1. The van der Waals surface area contributed by atoms with Gasteiger partial charge in [-0.2, -0.15) is 0 Å². The van der Waals surface area contributed by atoms with Crippen molar-refractivity contribution in [1.29, 1.82) is 0 Å². The molecule has 0 saturated heterocycles. The van der Waals surface area contributed by atoms with Gasteiger partial charge in [0, 0.05) is 11.8 Å². The minimum Gasteiger partial charge on any atom is -0.300 e. The van der Waals surface area contributed by atoms with Crippen LogP contribution < -0.4 is 0 Å². The van der Waals surface area contributed by atoms with E-state index in [-0.39, 0.29) is 17.6 Å². The van der Waals surface area contributed by atoms with Crippen molar-refractivity contribution in [3.05, 3.63) is 29.6 Å². The number of benzene rings is 1. The van der Waals surface area contributed by atoms with Crippen LogP contribution in [0, 0.1) is 5.92 Å². The van der Waals surface area contributed by atoms with Crippen molar-refractivity contribution in [2.45, 2.75) is 39.0 Å². The van der Waals surface area contributed by atoms with Gasteiger partial charge in [-0.25, -0.2) is 9.73 Å². The fourth-order valence-electron chi connectivity index (χ4n) is 2.96. The van der Waals surface area contributed by atoms with Crippen LogP contribution in [0.3, 0.4) is 0 Å². The van der Waals surface area contributed by atoms with Gasteiger partial charge in [0.25, 0.3) is 0 Å². The van der Waals surface area contributed by atoms with Gasteiger partial charge in [-0.1, -0.05) is 19.4 Å². The highest BCUT2D eigenvalue weighted by atomic mass is 16.6. The number of carbonyl (C=O) groups excluding carboxylic acids is 1. The number of rotatable bonds is 7. The Hall–Kier alpha value is -2.64. The lowest BCUT2D eigenvalue weighted by atomic mass is 9.81. The summed E-state index contributed by atoms with van der Waals surface area (Å²) in [6.45, 7) is 3.70. The SMILES string of the molecule is CCC[C@H](C(C)=O)[C@H](Cc1ccc2nonc2c1)c1nnn[nH]1. The molecular formula is C15H18N6O2. The van der Waals surface area contributed by atoms with E-state index in [0.29, 0.717) is 23.3 Å². The van der Waals surface area contributed by atoms with Crippen molar-refractivity contribution < 1.29 is 9.42 Å². The average Bonchev–Trinajstić information content (AvgIpc) is 3.20. The van der Waals surface area contributed by atoms with E-state index in [2.05, 4.69) is 37.9 Å². The van der Waals surface area contributed by atoms with E-state index in [1.807, 2.05) is 18.2 Å². The van der Waals surface area contributed by atoms with Crippen LogP contribution in [0.2, 0.25) is 0 Å². The van der Waals surface area contributed by atoms with Gasteiger partial charge in [0.2, 0.25) is 0 Å². The van der Waals surface area contributed by atoms with Crippen LogP contribution in [0.5, 0.6) is 0 Å². The molecule has 8 nitrogen and oxygen atoms in total. The summed E-state index contributed by atoms with van der Waals surface area (Å²) in [7, 11) is 0. The molecule has 0 bridgehead atoms. The molecule has 0 aliphatic carbocycles. The Morgan fingerprint density at radius 1 is 1.30 bits per heavy atom. The summed E-state index contributed by atoms with van der Waals surface area (Å²) in [5, 5.41) is 21.8. The normalized spacial score (nSPS) is 14.0. The van der Waals surface area contributed by atoms with E-state index < -0.39 is 0 Å². The van der Waals surface area contributed by atoms with Crippen LogP contribution in [0.1, 0.15) is 44.0 Å². The Labute approximate surface area is 132 Å². The van der Waals surface area contributed by atoms with Crippen molar-refractivity contribution in [2.75, 3.05) is 0 Å². The topological polar surface area (TPSA) is 110 Å². The molecule has 8 heteroatoms. The van der Waals surface area contributed by atoms with Crippen LogP contribution in [0.4, 0.5) is 0 Å². The molecule has 2 atom stereocenters. The Bertz CT molecular complexity index is 782. The van der Waals surface area contributed by atoms with E-state index in [1.165, 1.54) is 0 Å². The van der Waals surface area contributed by atoms with Gasteiger partial charge < -0.3 is 0 Å². The van der Waals surface area contributed by atoms with E-state index in [0.717, 1.165) is 18.4 Å². The molecule has 0 aliphatic heterocycles. The summed E-state index contributed by atoms with van der Waals surface area (Å²) in [5.74, 6) is 0.565. The van der Waals surface area contributed by atoms with Crippen LogP contribution in [0.25, 0.3) is 11.0 Å². The van der Waals surface area contributed by atoms with Gasteiger partial charge in [-0.3, -0.25) is 4.79 Å². The number of nitrogens with one attached hydrogen (secondary N) is 1. The number of carbonyl (C=O) groups is 1. The third-order valence-electron chi connectivity index (χ3n) is 4.09. The molecule has 3 aromatic rings. The monoisotopic (exact) mass is 314 g/mol. The number of aromatic nitrogens is 6. The second-order valence-electron chi connectivity index (χ2n) is 5.69. The minimum atomic E-state index is -0.124. The van der Waals surface area contributed by atoms with Crippen LogP contribution >= 0.6 is 0 Å². The third kappa shape index (κ3) is 3.25. The lowest BCUT2D eigenvalue weighted by molar-refractivity contribution is -0.121. The quantitative estimate of drug-likeness (QED) is 0.710. The van der Waals surface area contributed by atoms with Gasteiger partial charge in [0.05, 0.1) is 0 Å². The molecule has 1 N–H and O–H groups in total. The highest BCUT2D eigenvalue weighted by molar-refractivity contribution is 5.79. The molecule has 3 rings (SSSR count). The first-order valence-corrected chi connectivity index (χ1v) is 7.64. The second-order valence-corrected chi connectivity index (χ2v) is 5.69. The molecule has 120 valence electrons. The molecule has 0 spiro atoms. The lowest BCUT2D eigenvalue weighted by Crippen LogP contribution is -2.23. The second kappa shape index (κ2) is 6.64. The maximum absolute atomic E-state index is 12.1. The molecule has 2 heterocycles. The molecule has 0 saturated carbocycles. The van der Waals surface area contributed by atoms with Crippen molar-refractivity contribution in [1.82, 2.24) is 30.9 Å². The third-order valence-corrected chi connectivity index (χ3v) is 4.09. The van der Waals surface area contributed by atoms with Gasteiger partial charge in [0.15, 0.2) is 5.82 Å². The summed E-state index contributed by atoms with van der Waals surface area (Å²) in [4.78, 5) is 12.1. The van der Waals surface area contributed by atoms with E-state index >= 15 is 0 Å². The number of fused-ring (bicyclic) bond motifs is 1. The number of aromatic amines is 1. The Morgan fingerprint density at radius 3 is 2.83 bits per heavy atom. The van der Waals surface area contributed by atoms with Crippen molar-refractivity contribution in [3.63, 3.8) is 0 Å². The number of hydrogen-bond donors (Lipinski definition) is 1. The van der Waals surface area contributed by atoms with Crippen molar-refractivity contribution in [3.8, 4) is 0 Å². The molecule has 2 aromatic heterocycles. The van der Waals surface area contributed by atoms with Gasteiger partial charge in [-0.15, -0.1) is 5.10 Å². The molecule has 0 radical (unpaired) electrons. The number of Topliss-reactive ketones (excluding diaryl/α,β-unsaturated/α-hetero) is 1. The summed E-state index contributed by atoms with van der Waals surface area (Å²) in [6, 6.07) is 5.75. The van der Waals surface area contributed by atoms with E-state index in [9.17, 15) is 4.79 Å². The Balaban J connectivity index is 1.92. The van der Waals surface area contributed by atoms with E-state index in [4.69, 9.17) is 4.63 Å². The first kappa shape index (κ1) is 15.3. The number of hydrogen-bond acceptors (Lipinski definition) is 7. The number of ketones is 1. The molecule has 0 amide bonds. The van der Waals surface area contributed by atoms with Crippen LogP contribution in [0.15, 0.2) is 22.8 Å². The number of tetrazole rings is 1. The predicted octanol–water partition coefficient (Wildman–Crippen LogP) is 2.07. The number of H-pyrrole nitrogens is 1. The first-order valence-electron chi connectivity index (χ1n) is 7.64. The maximum atomic E-state index is 12.1. The average molecular weight is 314 g/mol. The smallest absolute Gasteiger partial charge is 0.152 e. The largest absolute Gasteiger partial charge is 0.300 e. The van der Waals surface area contributed by atoms with Gasteiger partial charge >= 0.3 is 0 Å². The van der Waals surface area contributed by atoms with Crippen molar-refractivity contribution >= 4 is 16.8 Å². The summed E-state index contributed by atoms with van der Waals surface area (Å²) >= 11 is 0. The molecule has 1 aromatic carbocycles. The minimum absolute atomic E-state index is 0.0974. The summed E-state index contributed by atoms with van der Waals surface area (Å²) < 4.78 is 4.73. The molecule has 0 aliphatic rings. The molecular weight excluding hydrogens is 296 g/mol. The van der Waals surface area contributed by atoms with Crippen LogP contribution in [-0.4, -0.2) is 36.7 Å². The Morgan fingerprint density at radius 2 is 2.13 bits per heavy atom. The fourth-order valence-corrected chi connectivity index (χ4v) is 2.96. The zero-order valence-electron chi connectivity index (χ0n) is 13.1. The zero-order chi connectivity index (χ0) is 16.2. The maximum Gasteiger partial charge on any atom is 0.152 e. The predicted molar refractivity (Wildman–Crippen MR) is 81.5 cm³/mol. The van der Waals surface area contributed by atoms with Gasteiger partial charge in [-0.05, 0) is 58.2 Å². The van der Waals surface area contributed by atoms with Crippen LogP contribution in [-0.2, 0) is 11.2 Å². The lowest BCUT2D eigenvalue weighted by Gasteiger charge is -2.22. The highest BCUT2D eigenvalue weighted by Gasteiger charge is 2.29.